The number of benzene rings is 2. The summed E-state index contributed by atoms with van der Waals surface area (Å²) in [5.74, 6) is -6.63. The predicted molar refractivity (Wildman–Crippen MR) is 208 cm³/mol. The first-order chi connectivity index (χ1) is 26.4. The van der Waals surface area contributed by atoms with Gasteiger partial charge in [-0.25, -0.2) is 10.1 Å². The zero-order valence-corrected chi connectivity index (χ0v) is 32.6. The molecule has 7 N–H and O–H groups in total. The summed E-state index contributed by atoms with van der Waals surface area (Å²) < 4.78 is 0. The van der Waals surface area contributed by atoms with Gasteiger partial charge in [0.25, 0.3) is 5.96 Å². The van der Waals surface area contributed by atoms with Crippen LogP contribution in [0.4, 0.5) is 0 Å². The van der Waals surface area contributed by atoms with Gasteiger partial charge in [-0.05, 0) is 55.8 Å². The van der Waals surface area contributed by atoms with Crippen LogP contribution in [0.5, 0.6) is 5.75 Å². The summed E-state index contributed by atoms with van der Waals surface area (Å²) in [5, 5.41) is 40.3. The van der Waals surface area contributed by atoms with E-state index in [4.69, 9.17) is 5.73 Å². The molecule has 0 radical (unpaired) electrons. The zero-order valence-electron chi connectivity index (χ0n) is 32.6. The summed E-state index contributed by atoms with van der Waals surface area (Å²) in [6.45, 7) is 6.78. The summed E-state index contributed by atoms with van der Waals surface area (Å²) in [4.78, 5) is 91.6. The Morgan fingerprint density at radius 2 is 1.50 bits per heavy atom. The molecule has 2 rings (SSSR count). The second-order valence-corrected chi connectivity index (χ2v) is 14.3. The van der Waals surface area contributed by atoms with E-state index in [1.165, 1.54) is 17.0 Å². The van der Waals surface area contributed by atoms with E-state index in [1.54, 1.807) is 70.3 Å². The van der Waals surface area contributed by atoms with Crippen LogP contribution in [0.15, 0.2) is 59.7 Å². The van der Waals surface area contributed by atoms with Crippen molar-refractivity contribution in [3.8, 4) is 5.75 Å². The number of carboxylic acids is 1. The Morgan fingerprint density at radius 1 is 0.893 bits per heavy atom. The maximum absolute atomic E-state index is 13.9. The second kappa shape index (κ2) is 23.3. The summed E-state index contributed by atoms with van der Waals surface area (Å²) in [6, 6.07) is 12.3. The number of nitro groups is 1. The van der Waals surface area contributed by atoms with Gasteiger partial charge in [-0.3, -0.25) is 33.7 Å². The zero-order chi connectivity index (χ0) is 41.9. The first-order valence-corrected chi connectivity index (χ1v) is 18.6. The van der Waals surface area contributed by atoms with E-state index in [2.05, 4.69) is 21.1 Å². The fraction of sp³-hybridized carbons (Fsp3) is 0.513. The number of hydrogen-bond donors (Lipinski definition) is 6. The van der Waals surface area contributed by atoms with Gasteiger partial charge in [0.05, 0.1) is 31.1 Å². The number of nitrogens with zero attached hydrogens (tertiary/aromatic N) is 3. The summed E-state index contributed by atoms with van der Waals surface area (Å²) in [6.07, 6.45) is 0.118. The molecule has 17 nitrogen and oxygen atoms in total. The average Bonchev–Trinajstić information content (AvgIpc) is 3.13. The molecule has 0 spiro atoms. The fourth-order valence-electron chi connectivity index (χ4n) is 6.02. The van der Waals surface area contributed by atoms with Crippen molar-refractivity contribution < 1.29 is 44.0 Å². The van der Waals surface area contributed by atoms with Crippen LogP contribution in [-0.2, 0) is 30.4 Å². The molecule has 56 heavy (non-hydrogen) atoms. The van der Waals surface area contributed by atoms with Gasteiger partial charge in [-0.15, -0.1) is 0 Å². The number of guanidine groups is 1. The van der Waals surface area contributed by atoms with Crippen molar-refractivity contribution in [2.75, 3.05) is 26.7 Å². The highest BCUT2D eigenvalue weighted by atomic mass is 16.7. The maximum atomic E-state index is 13.9. The number of phenolic OH excluding ortho intramolecular Hbond substituents is 1. The number of carboxylic acid groups (broad SMARTS) is 1. The third-order valence-electron chi connectivity index (χ3n) is 9.52. The highest BCUT2D eigenvalue weighted by Crippen LogP contribution is 2.23. The van der Waals surface area contributed by atoms with E-state index in [1.807, 2.05) is 6.92 Å². The lowest BCUT2D eigenvalue weighted by Gasteiger charge is -2.27. The summed E-state index contributed by atoms with van der Waals surface area (Å²) in [5.41, 5.74) is 6.58. The Bertz CT molecular complexity index is 1680. The van der Waals surface area contributed by atoms with E-state index in [9.17, 15) is 49.1 Å². The van der Waals surface area contributed by atoms with Crippen LogP contribution in [-0.4, -0.2) is 100 Å². The molecule has 0 aliphatic rings. The lowest BCUT2D eigenvalue weighted by Crippen LogP contribution is -2.49. The molecule has 306 valence electrons. The van der Waals surface area contributed by atoms with Crippen LogP contribution in [0.2, 0.25) is 0 Å². The van der Waals surface area contributed by atoms with Crippen molar-refractivity contribution >= 4 is 41.1 Å². The molecule has 1 unspecified atom stereocenters. The molecular weight excluding hydrogens is 726 g/mol. The highest BCUT2D eigenvalue weighted by Gasteiger charge is 2.34. The number of ketones is 3. The van der Waals surface area contributed by atoms with Crippen LogP contribution in [0, 0.1) is 33.8 Å². The number of nitrogens with one attached hydrogen (secondary N) is 3. The van der Waals surface area contributed by atoms with E-state index in [-0.39, 0.29) is 69.2 Å². The number of rotatable bonds is 25. The number of likely N-dealkylation sites (N-methyl/N-ethyl adjacent to an activating group) is 1. The van der Waals surface area contributed by atoms with Gasteiger partial charge in [0.1, 0.15) is 10.9 Å². The first-order valence-electron chi connectivity index (χ1n) is 18.6. The number of carbonyl (C=O) groups excluding carboxylic acids is 5. The van der Waals surface area contributed by atoms with Crippen LogP contribution in [0.3, 0.4) is 0 Å². The van der Waals surface area contributed by atoms with E-state index in [0.29, 0.717) is 17.5 Å². The van der Waals surface area contributed by atoms with Gasteiger partial charge in [0.15, 0.2) is 22.4 Å². The van der Waals surface area contributed by atoms with Crippen LogP contribution in [0.1, 0.15) is 75.7 Å². The van der Waals surface area contributed by atoms with Crippen molar-refractivity contribution in [2.24, 2.45) is 34.5 Å². The molecule has 2 aromatic carbocycles. The number of Topliss-reactive ketones (excluding diaryl/α,β-unsaturated/α-hetero) is 3. The Balaban J connectivity index is 2.28. The van der Waals surface area contributed by atoms with Gasteiger partial charge in [0, 0.05) is 30.9 Å². The Morgan fingerprint density at radius 3 is 2.07 bits per heavy atom. The minimum atomic E-state index is -1.14. The number of amides is 2. The fourth-order valence-corrected chi connectivity index (χ4v) is 6.02. The standard InChI is InChI=1S/C39H55N7O10/c1-6-25(4)30(38(53)54)21-34(49)32(19-26-14-16-28(47)17-15-26)43-37(52)29(24(2)3)20-33(48)31(13-10-18-41-39(40)44-46(55)56)42-36(51)23-45(5)22-35(50)27-11-8-7-9-12-27/h7-9,11-12,14-17,24-25,29-32,47H,6,10,13,18-23H2,1-5H3,(H,42,51)(H,43,52)(H,53,54)(H3,40,41,44)/t25?,29-,30-,31-,32-/m0/s1. The molecule has 0 aliphatic heterocycles. The number of aromatic hydroxyl groups is 1. The smallest absolute Gasteiger partial charge is 0.307 e. The predicted octanol–water partition coefficient (Wildman–Crippen LogP) is 2.53. The SMILES string of the molecule is CCC(C)[C@H](CC(=O)[C@H](Cc1ccc(O)cc1)NC(=O)[C@@H](CC(=O)[C@H](CCCN/C(N)=N\[N+](=O)[O-])NC(=O)CN(C)CC(=O)c1ccccc1)C(C)C)C(=O)O. The summed E-state index contributed by atoms with van der Waals surface area (Å²) in [7, 11) is 1.58. The Labute approximate surface area is 326 Å². The maximum Gasteiger partial charge on any atom is 0.307 e. The molecule has 0 bridgehead atoms. The highest BCUT2D eigenvalue weighted by molar-refractivity contribution is 5.98. The quantitative estimate of drug-likeness (QED) is 0.0212. The summed E-state index contributed by atoms with van der Waals surface area (Å²) >= 11 is 0. The van der Waals surface area contributed by atoms with Crippen molar-refractivity contribution in [1.29, 1.82) is 0 Å². The van der Waals surface area contributed by atoms with Gasteiger partial charge in [-0.1, -0.05) is 76.6 Å². The number of nitrogens with two attached hydrogens (primary N) is 1. The van der Waals surface area contributed by atoms with Crippen LogP contribution in [0.25, 0.3) is 0 Å². The number of hydrogen-bond acceptors (Lipinski definition) is 10. The molecule has 0 saturated heterocycles. The monoisotopic (exact) mass is 781 g/mol. The number of hydrazone groups is 1. The lowest BCUT2D eigenvalue weighted by atomic mass is 9.84. The van der Waals surface area contributed by atoms with Gasteiger partial charge < -0.3 is 31.9 Å². The lowest BCUT2D eigenvalue weighted by molar-refractivity contribution is -0.485. The molecule has 2 amide bonds. The van der Waals surface area contributed by atoms with Crippen LogP contribution < -0.4 is 21.7 Å². The van der Waals surface area contributed by atoms with Gasteiger partial charge in [0.2, 0.25) is 11.8 Å². The average molecular weight is 782 g/mol. The van der Waals surface area contributed by atoms with Crippen molar-refractivity contribution in [2.45, 2.75) is 78.3 Å². The number of aliphatic carboxylic acids is 1. The van der Waals surface area contributed by atoms with Crippen molar-refractivity contribution in [3.63, 3.8) is 0 Å². The first kappa shape index (κ1) is 46.4. The van der Waals surface area contributed by atoms with Gasteiger partial charge in [-0.2, -0.15) is 0 Å². The van der Waals surface area contributed by atoms with E-state index in [0.717, 1.165) is 0 Å². The third kappa shape index (κ3) is 16.3. The normalized spacial score (nSPS) is 14.2. The van der Waals surface area contributed by atoms with E-state index < -0.39 is 70.2 Å². The number of carbonyl (C=O) groups is 6. The molecule has 0 heterocycles. The topological polar surface area (TPSA) is 264 Å². The van der Waals surface area contributed by atoms with Crippen molar-refractivity contribution in [3.05, 3.63) is 75.8 Å². The Hall–Kier alpha value is -5.71. The minimum absolute atomic E-state index is 0.000310. The van der Waals surface area contributed by atoms with Gasteiger partial charge >= 0.3 is 5.97 Å². The number of phenols is 1. The molecular formula is C39H55N7O10. The molecule has 0 aliphatic carbocycles. The Kier molecular flexibility index (Phi) is 19.3. The minimum Gasteiger partial charge on any atom is -0.508 e. The van der Waals surface area contributed by atoms with E-state index >= 15 is 0 Å². The van der Waals surface area contributed by atoms with Crippen molar-refractivity contribution in [1.82, 2.24) is 20.9 Å². The third-order valence-corrected chi connectivity index (χ3v) is 9.52. The molecule has 0 aromatic heterocycles. The molecule has 2 aromatic rings. The molecule has 5 atom stereocenters. The van der Waals surface area contributed by atoms with Crippen LogP contribution >= 0.6 is 0 Å². The second-order valence-electron chi connectivity index (χ2n) is 14.3. The largest absolute Gasteiger partial charge is 0.508 e. The molecule has 17 heteroatoms. The molecule has 0 fully saturated rings. The molecule has 0 saturated carbocycles.